The maximum absolute atomic E-state index is 11.8. The van der Waals surface area contributed by atoms with Crippen molar-refractivity contribution in [3.05, 3.63) is 17.7 Å². The van der Waals surface area contributed by atoms with Gasteiger partial charge in [-0.3, -0.25) is 4.79 Å². The highest BCUT2D eigenvalue weighted by molar-refractivity contribution is 5.92. The zero-order chi connectivity index (χ0) is 11.5. The minimum atomic E-state index is -0.192. The molecule has 1 heterocycles. The van der Waals surface area contributed by atoms with Crippen LogP contribution < -0.4 is 5.32 Å². The van der Waals surface area contributed by atoms with Gasteiger partial charge in [-0.25, -0.2) is 4.98 Å². The molecule has 5 nitrogen and oxygen atoms in total. The van der Waals surface area contributed by atoms with E-state index in [1.165, 1.54) is 0 Å². The summed E-state index contributed by atoms with van der Waals surface area (Å²) in [5.74, 6) is 0.631. The van der Waals surface area contributed by atoms with Gasteiger partial charge in [0.15, 0.2) is 0 Å². The number of aryl methyl sites for hydroxylation is 1. The van der Waals surface area contributed by atoms with Crippen molar-refractivity contribution in [2.24, 2.45) is 0 Å². The Hall–Kier alpha value is -1.36. The summed E-state index contributed by atoms with van der Waals surface area (Å²) < 4.78 is 0. The number of aliphatic hydroxyl groups is 1. The number of carbonyl (C=O) groups excluding carboxylic acids is 1. The van der Waals surface area contributed by atoms with Crippen LogP contribution in [-0.2, 0) is 0 Å². The number of amides is 1. The molecule has 0 saturated heterocycles. The first-order valence-electron chi connectivity index (χ1n) is 5.65. The van der Waals surface area contributed by atoms with Crippen molar-refractivity contribution in [1.29, 1.82) is 0 Å². The number of hydrogen-bond donors (Lipinski definition) is 3. The van der Waals surface area contributed by atoms with E-state index in [0.29, 0.717) is 5.69 Å². The normalized spacial score (nSPS) is 25.4. The number of nitrogens with one attached hydrogen (secondary N) is 2. The summed E-state index contributed by atoms with van der Waals surface area (Å²) in [5.41, 5.74) is 0.503. The molecule has 0 atom stereocenters. The molecule has 1 amide bonds. The van der Waals surface area contributed by atoms with Crippen LogP contribution in [0.2, 0.25) is 0 Å². The van der Waals surface area contributed by atoms with Gasteiger partial charge in [0.1, 0.15) is 11.5 Å². The fourth-order valence-electron chi connectivity index (χ4n) is 2.02. The summed E-state index contributed by atoms with van der Waals surface area (Å²) >= 11 is 0. The number of rotatable bonds is 2. The minimum Gasteiger partial charge on any atom is -0.393 e. The van der Waals surface area contributed by atoms with Gasteiger partial charge in [-0.1, -0.05) is 0 Å². The van der Waals surface area contributed by atoms with Gasteiger partial charge in [-0.05, 0) is 32.6 Å². The van der Waals surface area contributed by atoms with E-state index in [-0.39, 0.29) is 18.1 Å². The number of imidazole rings is 1. The molecule has 0 spiro atoms. The quantitative estimate of drug-likeness (QED) is 0.692. The van der Waals surface area contributed by atoms with Crippen LogP contribution in [0.4, 0.5) is 0 Å². The monoisotopic (exact) mass is 223 g/mol. The lowest BCUT2D eigenvalue weighted by molar-refractivity contribution is 0.0863. The molecular formula is C11H17N3O2. The molecule has 2 rings (SSSR count). The minimum absolute atomic E-state index is 0.109. The highest BCUT2D eigenvalue weighted by Crippen LogP contribution is 2.18. The van der Waals surface area contributed by atoms with Crippen LogP contribution in [0.1, 0.15) is 42.0 Å². The van der Waals surface area contributed by atoms with Gasteiger partial charge in [-0.2, -0.15) is 0 Å². The van der Waals surface area contributed by atoms with Gasteiger partial charge >= 0.3 is 0 Å². The Kier molecular flexibility index (Phi) is 3.24. The summed E-state index contributed by atoms with van der Waals surface area (Å²) in [5, 5.41) is 12.3. The second-order valence-electron chi connectivity index (χ2n) is 4.36. The van der Waals surface area contributed by atoms with Crippen LogP contribution in [0, 0.1) is 6.92 Å². The first kappa shape index (κ1) is 11.1. The molecular weight excluding hydrogens is 206 g/mol. The average molecular weight is 223 g/mol. The molecule has 1 aromatic rings. The molecule has 1 fully saturated rings. The molecule has 0 unspecified atom stereocenters. The van der Waals surface area contributed by atoms with Crippen molar-refractivity contribution in [3.63, 3.8) is 0 Å². The predicted octanol–water partition coefficient (Wildman–Crippen LogP) is 0.751. The number of hydrogen-bond acceptors (Lipinski definition) is 3. The van der Waals surface area contributed by atoms with E-state index in [1.54, 1.807) is 6.20 Å². The molecule has 88 valence electrons. The number of aromatic nitrogens is 2. The SMILES string of the molecule is Cc1ncc(C(=O)NC2CCC(O)CC2)[nH]1. The van der Waals surface area contributed by atoms with Gasteiger partial charge in [0.05, 0.1) is 12.3 Å². The average Bonchev–Trinajstić information content (AvgIpc) is 2.68. The van der Waals surface area contributed by atoms with Gasteiger partial charge in [-0.15, -0.1) is 0 Å². The number of aromatic amines is 1. The Morgan fingerprint density at radius 2 is 2.19 bits per heavy atom. The van der Waals surface area contributed by atoms with Crippen molar-refractivity contribution in [2.45, 2.75) is 44.8 Å². The Bertz CT molecular complexity index is 367. The molecule has 16 heavy (non-hydrogen) atoms. The second-order valence-corrected chi connectivity index (χ2v) is 4.36. The lowest BCUT2D eigenvalue weighted by Gasteiger charge is -2.25. The van der Waals surface area contributed by atoms with Crippen LogP contribution in [-0.4, -0.2) is 33.1 Å². The standard InChI is InChI=1S/C11H17N3O2/c1-7-12-6-10(13-7)11(16)14-8-2-4-9(15)5-3-8/h6,8-9,15H,2-5H2,1H3,(H,12,13)(H,14,16). The first-order chi connectivity index (χ1) is 7.65. The molecule has 0 bridgehead atoms. The number of carbonyl (C=O) groups is 1. The Balaban J connectivity index is 1.88. The van der Waals surface area contributed by atoms with E-state index in [4.69, 9.17) is 0 Å². The maximum atomic E-state index is 11.8. The zero-order valence-electron chi connectivity index (χ0n) is 9.36. The largest absolute Gasteiger partial charge is 0.393 e. The van der Waals surface area contributed by atoms with Crippen LogP contribution in [0.15, 0.2) is 6.20 Å². The second kappa shape index (κ2) is 4.65. The van der Waals surface area contributed by atoms with E-state index in [9.17, 15) is 9.90 Å². The van der Waals surface area contributed by atoms with E-state index < -0.39 is 0 Å². The lowest BCUT2D eigenvalue weighted by Crippen LogP contribution is -2.38. The molecule has 0 radical (unpaired) electrons. The zero-order valence-corrected chi connectivity index (χ0v) is 9.36. The molecule has 0 aliphatic heterocycles. The molecule has 1 aliphatic rings. The third-order valence-electron chi connectivity index (χ3n) is 2.98. The van der Waals surface area contributed by atoms with Crippen molar-refractivity contribution >= 4 is 5.91 Å². The van der Waals surface area contributed by atoms with Crippen LogP contribution in [0.5, 0.6) is 0 Å². The Labute approximate surface area is 94.3 Å². The van der Waals surface area contributed by atoms with Gasteiger partial charge in [0.25, 0.3) is 5.91 Å². The predicted molar refractivity (Wildman–Crippen MR) is 59.1 cm³/mol. The smallest absolute Gasteiger partial charge is 0.269 e. The summed E-state index contributed by atoms with van der Waals surface area (Å²) in [4.78, 5) is 18.7. The van der Waals surface area contributed by atoms with Gasteiger partial charge in [0, 0.05) is 6.04 Å². The van der Waals surface area contributed by atoms with Gasteiger partial charge < -0.3 is 15.4 Å². The fourth-order valence-corrected chi connectivity index (χ4v) is 2.02. The van der Waals surface area contributed by atoms with E-state index in [1.807, 2.05) is 6.92 Å². The third kappa shape index (κ3) is 2.61. The number of aliphatic hydroxyl groups excluding tert-OH is 1. The Morgan fingerprint density at radius 3 is 2.75 bits per heavy atom. The summed E-state index contributed by atoms with van der Waals surface area (Å²) in [7, 11) is 0. The summed E-state index contributed by atoms with van der Waals surface area (Å²) in [6.45, 7) is 1.81. The molecule has 5 heteroatoms. The van der Waals surface area contributed by atoms with Crippen LogP contribution >= 0.6 is 0 Å². The fraction of sp³-hybridized carbons (Fsp3) is 0.636. The summed E-state index contributed by atoms with van der Waals surface area (Å²) in [6.07, 6.45) is 4.59. The van der Waals surface area contributed by atoms with E-state index in [0.717, 1.165) is 31.5 Å². The van der Waals surface area contributed by atoms with E-state index >= 15 is 0 Å². The van der Waals surface area contributed by atoms with Crippen molar-refractivity contribution in [3.8, 4) is 0 Å². The lowest BCUT2D eigenvalue weighted by atomic mass is 9.93. The molecule has 0 aromatic carbocycles. The van der Waals surface area contributed by atoms with Crippen LogP contribution in [0.3, 0.4) is 0 Å². The van der Waals surface area contributed by atoms with Crippen LogP contribution in [0.25, 0.3) is 0 Å². The first-order valence-corrected chi connectivity index (χ1v) is 5.65. The highest BCUT2D eigenvalue weighted by Gasteiger charge is 2.21. The molecule has 1 saturated carbocycles. The topological polar surface area (TPSA) is 78.0 Å². The molecule has 1 aliphatic carbocycles. The van der Waals surface area contributed by atoms with Crippen molar-refractivity contribution in [1.82, 2.24) is 15.3 Å². The highest BCUT2D eigenvalue weighted by atomic mass is 16.3. The number of nitrogens with zero attached hydrogens (tertiary/aromatic N) is 1. The number of H-pyrrole nitrogens is 1. The van der Waals surface area contributed by atoms with Crippen molar-refractivity contribution in [2.75, 3.05) is 0 Å². The van der Waals surface area contributed by atoms with E-state index in [2.05, 4.69) is 15.3 Å². The summed E-state index contributed by atoms with van der Waals surface area (Å²) in [6, 6.07) is 0.180. The maximum Gasteiger partial charge on any atom is 0.269 e. The Morgan fingerprint density at radius 1 is 1.50 bits per heavy atom. The molecule has 3 N–H and O–H groups in total. The third-order valence-corrected chi connectivity index (χ3v) is 2.98. The molecule has 1 aromatic heterocycles. The van der Waals surface area contributed by atoms with Gasteiger partial charge in [0.2, 0.25) is 0 Å². The van der Waals surface area contributed by atoms with Crippen molar-refractivity contribution < 1.29 is 9.90 Å².